The lowest BCUT2D eigenvalue weighted by molar-refractivity contribution is -0.139. The summed E-state index contributed by atoms with van der Waals surface area (Å²) in [7, 11) is 2.72. The van der Waals surface area contributed by atoms with Crippen LogP contribution in [-0.4, -0.2) is 26.2 Å². The maximum Gasteiger partial charge on any atom is 0.335 e. The standard InChI is InChI=1S/C28H20O4/c1-31-27(29)25-23-19-13-11-16-8-4-6-10-18(16)22(19)24(26(25)28(30)32-2)20-14-12-15-7-3-5-9-17(15)21(20)23/h3-14,23-24H,1-2H3. The van der Waals surface area contributed by atoms with Crippen LogP contribution in [0.3, 0.4) is 0 Å². The van der Waals surface area contributed by atoms with Crippen LogP contribution in [0.5, 0.6) is 0 Å². The van der Waals surface area contributed by atoms with E-state index in [9.17, 15) is 9.59 Å². The predicted molar refractivity (Wildman–Crippen MR) is 123 cm³/mol. The number of methoxy groups -OCH3 is 2. The van der Waals surface area contributed by atoms with Crippen molar-refractivity contribution in [2.75, 3.05) is 14.2 Å². The minimum Gasteiger partial charge on any atom is -0.466 e. The van der Waals surface area contributed by atoms with E-state index in [0.717, 1.165) is 43.8 Å². The van der Waals surface area contributed by atoms with Crippen LogP contribution in [-0.2, 0) is 19.1 Å². The Kier molecular flexibility index (Phi) is 3.99. The number of rotatable bonds is 2. The molecule has 7 rings (SSSR count). The highest BCUT2D eigenvalue weighted by Crippen LogP contribution is 2.58. The molecule has 4 nitrogen and oxygen atoms in total. The SMILES string of the molecule is COC(=O)C1=C(C(=O)OC)C2c3ccc4ccccc4c3C1c1ccc3ccccc3c12. The Morgan fingerprint density at radius 3 is 1.41 bits per heavy atom. The molecule has 0 saturated heterocycles. The smallest absolute Gasteiger partial charge is 0.335 e. The van der Waals surface area contributed by atoms with Crippen LogP contribution >= 0.6 is 0 Å². The van der Waals surface area contributed by atoms with Crippen molar-refractivity contribution in [3.05, 3.63) is 106 Å². The molecule has 3 aliphatic carbocycles. The van der Waals surface area contributed by atoms with E-state index in [1.165, 1.54) is 14.2 Å². The normalized spacial score (nSPS) is 18.4. The van der Waals surface area contributed by atoms with Gasteiger partial charge in [-0.15, -0.1) is 0 Å². The first-order chi connectivity index (χ1) is 15.7. The van der Waals surface area contributed by atoms with Gasteiger partial charge in [0.25, 0.3) is 0 Å². The molecule has 0 saturated carbocycles. The molecule has 0 spiro atoms. The second-order valence-electron chi connectivity index (χ2n) is 8.26. The van der Waals surface area contributed by atoms with Crippen LogP contribution in [0.15, 0.2) is 83.9 Å². The molecule has 2 unspecified atom stereocenters. The number of carbonyl (C=O) groups is 2. The molecule has 0 fully saturated rings. The van der Waals surface area contributed by atoms with Crippen LogP contribution in [0.25, 0.3) is 21.5 Å². The molecule has 0 amide bonds. The second-order valence-corrected chi connectivity index (χ2v) is 8.26. The van der Waals surface area contributed by atoms with E-state index in [1.54, 1.807) is 0 Å². The summed E-state index contributed by atoms with van der Waals surface area (Å²) in [4.78, 5) is 26.2. The van der Waals surface area contributed by atoms with Gasteiger partial charge in [-0.2, -0.15) is 0 Å². The van der Waals surface area contributed by atoms with E-state index in [1.807, 2.05) is 24.3 Å². The van der Waals surface area contributed by atoms with Crippen LogP contribution < -0.4 is 0 Å². The van der Waals surface area contributed by atoms with Crippen LogP contribution in [0.4, 0.5) is 0 Å². The van der Waals surface area contributed by atoms with Crippen LogP contribution in [0, 0.1) is 0 Å². The Morgan fingerprint density at radius 2 is 1.00 bits per heavy atom. The van der Waals surface area contributed by atoms with Crippen molar-refractivity contribution >= 4 is 33.5 Å². The first kappa shape index (κ1) is 18.8. The largest absolute Gasteiger partial charge is 0.466 e. The maximum atomic E-state index is 13.1. The molecule has 4 aromatic rings. The Hall–Kier alpha value is -3.92. The number of hydrogen-bond donors (Lipinski definition) is 0. The highest BCUT2D eigenvalue weighted by Gasteiger charge is 2.49. The molecular weight excluding hydrogens is 400 g/mol. The van der Waals surface area contributed by atoms with Crippen molar-refractivity contribution in [1.29, 1.82) is 0 Å². The summed E-state index contributed by atoms with van der Waals surface area (Å²) in [5.41, 5.74) is 5.01. The number of fused-ring (bicyclic) bond motifs is 2. The zero-order chi connectivity index (χ0) is 22.0. The number of benzene rings is 4. The van der Waals surface area contributed by atoms with E-state index < -0.39 is 23.8 Å². The van der Waals surface area contributed by atoms with Gasteiger partial charge in [0.15, 0.2) is 0 Å². The van der Waals surface area contributed by atoms with E-state index in [-0.39, 0.29) is 0 Å². The van der Waals surface area contributed by atoms with Gasteiger partial charge in [0, 0.05) is 11.8 Å². The summed E-state index contributed by atoms with van der Waals surface area (Å²) < 4.78 is 10.4. The van der Waals surface area contributed by atoms with Crippen molar-refractivity contribution in [3.8, 4) is 0 Å². The summed E-state index contributed by atoms with van der Waals surface area (Å²) >= 11 is 0. The highest BCUT2D eigenvalue weighted by atomic mass is 16.5. The lowest BCUT2D eigenvalue weighted by Gasteiger charge is -2.43. The molecule has 0 radical (unpaired) electrons. The Labute approximate surface area is 185 Å². The van der Waals surface area contributed by atoms with Gasteiger partial charge in [0.2, 0.25) is 0 Å². The molecule has 0 heterocycles. The first-order valence-corrected chi connectivity index (χ1v) is 10.6. The molecule has 4 aromatic carbocycles. The second kappa shape index (κ2) is 6.79. The fraction of sp³-hybridized carbons (Fsp3) is 0.143. The fourth-order valence-corrected chi connectivity index (χ4v) is 5.67. The molecule has 2 atom stereocenters. The summed E-state index contributed by atoms with van der Waals surface area (Å²) in [6, 6.07) is 24.7. The summed E-state index contributed by atoms with van der Waals surface area (Å²) in [5, 5.41) is 4.38. The molecule has 3 aliphatic rings. The lowest BCUT2D eigenvalue weighted by Crippen LogP contribution is -2.35. The molecular formula is C28H20O4. The summed E-state index contributed by atoms with van der Waals surface area (Å²) in [6.07, 6.45) is 0. The number of carbonyl (C=O) groups excluding carboxylic acids is 2. The molecule has 0 aromatic heterocycles. The first-order valence-electron chi connectivity index (χ1n) is 10.6. The molecule has 156 valence electrons. The number of hydrogen-bond acceptors (Lipinski definition) is 4. The highest BCUT2D eigenvalue weighted by molar-refractivity contribution is 6.09. The summed E-state index contributed by atoms with van der Waals surface area (Å²) in [5.74, 6) is -1.78. The minimum absolute atomic E-state index is 0.385. The van der Waals surface area contributed by atoms with Gasteiger partial charge < -0.3 is 9.47 Å². The topological polar surface area (TPSA) is 52.6 Å². The minimum atomic E-state index is -0.488. The molecule has 4 heteroatoms. The molecule has 32 heavy (non-hydrogen) atoms. The maximum absolute atomic E-state index is 13.1. The monoisotopic (exact) mass is 420 g/mol. The third kappa shape index (κ3) is 2.32. The van der Waals surface area contributed by atoms with Gasteiger partial charge in [0.05, 0.1) is 25.4 Å². The zero-order valence-electron chi connectivity index (χ0n) is 17.7. The van der Waals surface area contributed by atoms with Crippen molar-refractivity contribution < 1.29 is 19.1 Å². The van der Waals surface area contributed by atoms with Crippen LogP contribution in [0.1, 0.15) is 34.1 Å². The summed E-state index contributed by atoms with van der Waals surface area (Å²) in [6.45, 7) is 0. The van der Waals surface area contributed by atoms with Gasteiger partial charge in [-0.1, -0.05) is 72.8 Å². The van der Waals surface area contributed by atoms with Crippen molar-refractivity contribution in [1.82, 2.24) is 0 Å². The van der Waals surface area contributed by atoms with Crippen molar-refractivity contribution in [3.63, 3.8) is 0 Å². The van der Waals surface area contributed by atoms with Gasteiger partial charge in [-0.3, -0.25) is 0 Å². The van der Waals surface area contributed by atoms with Crippen LogP contribution in [0.2, 0.25) is 0 Å². The zero-order valence-corrected chi connectivity index (χ0v) is 17.7. The molecule has 0 aliphatic heterocycles. The Balaban J connectivity index is 1.80. The lowest BCUT2D eigenvalue weighted by atomic mass is 9.59. The third-order valence-corrected chi connectivity index (χ3v) is 6.89. The van der Waals surface area contributed by atoms with E-state index in [0.29, 0.717) is 11.1 Å². The Morgan fingerprint density at radius 1 is 0.594 bits per heavy atom. The van der Waals surface area contributed by atoms with Gasteiger partial charge >= 0.3 is 11.9 Å². The van der Waals surface area contributed by atoms with E-state index in [4.69, 9.17) is 9.47 Å². The van der Waals surface area contributed by atoms with E-state index in [2.05, 4.69) is 48.5 Å². The van der Waals surface area contributed by atoms with Crippen molar-refractivity contribution in [2.45, 2.75) is 11.8 Å². The molecule has 0 N–H and O–H groups in total. The van der Waals surface area contributed by atoms with Gasteiger partial charge in [0.1, 0.15) is 0 Å². The average Bonchev–Trinajstić information content (AvgIpc) is 2.86. The number of esters is 2. The Bertz CT molecular complexity index is 1380. The van der Waals surface area contributed by atoms with E-state index >= 15 is 0 Å². The average molecular weight is 420 g/mol. The van der Waals surface area contributed by atoms with Gasteiger partial charge in [-0.05, 0) is 43.8 Å². The van der Waals surface area contributed by atoms with Crippen molar-refractivity contribution in [2.24, 2.45) is 0 Å². The third-order valence-electron chi connectivity index (χ3n) is 6.89. The predicted octanol–water partition coefficient (Wildman–Crippen LogP) is 5.23. The fourth-order valence-electron chi connectivity index (χ4n) is 5.67. The number of ether oxygens (including phenoxy) is 2. The van der Waals surface area contributed by atoms with Gasteiger partial charge in [-0.25, -0.2) is 9.59 Å². The molecule has 2 bridgehead atoms. The quantitative estimate of drug-likeness (QED) is 0.417.